The van der Waals surface area contributed by atoms with Gasteiger partial charge in [0, 0.05) is 19.3 Å². The molecule has 5 nitrogen and oxygen atoms in total. The van der Waals surface area contributed by atoms with Crippen molar-refractivity contribution in [2.24, 2.45) is 5.92 Å². The minimum atomic E-state index is -4.67. The summed E-state index contributed by atoms with van der Waals surface area (Å²) < 4.78 is 47.8. The molecule has 3 aromatic rings. The van der Waals surface area contributed by atoms with Crippen LogP contribution in [0.3, 0.4) is 0 Å². The van der Waals surface area contributed by atoms with Crippen LogP contribution in [0.25, 0.3) is 16.8 Å². The Kier molecular flexibility index (Phi) is 5.60. The van der Waals surface area contributed by atoms with E-state index in [0.717, 1.165) is 23.3 Å². The Bertz CT molecular complexity index is 1120. The molecule has 0 atom stereocenters. The van der Waals surface area contributed by atoms with E-state index in [1.54, 1.807) is 29.2 Å². The van der Waals surface area contributed by atoms with Gasteiger partial charge in [-0.25, -0.2) is 4.98 Å². The molecule has 9 heteroatoms. The van der Waals surface area contributed by atoms with Crippen molar-refractivity contribution in [2.75, 3.05) is 20.2 Å². The number of aromatic nitrogens is 2. The quantitative estimate of drug-likeness (QED) is 0.524. The van der Waals surface area contributed by atoms with Crippen molar-refractivity contribution >= 4 is 23.2 Å². The van der Waals surface area contributed by atoms with Gasteiger partial charge in [-0.05, 0) is 48.1 Å². The van der Waals surface area contributed by atoms with Gasteiger partial charge in [0.15, 0.2) is 11.3 Å². The summed E-state index contributed by atoms with van der Waals surface area (Å²) in [6.07, 6.45) is -1.52. The number of piperidine rings is 1. The molecule has 1 aromatic carbocycles. The second-order valence-electron chi connectivity index (χ2n) is 7.79. The average molecular weight is 452 g/mol. The van der Waals surface area contributed by atoms with Crippen molar-refractivity contribution in [3.8, 4) is 16.9 Å². The summed E-state index contributed by atoms with van der Waals surface area (Å²) in [6.45, 7) is 3.18. The number of amides is 1. The van der Waals surface area contributed by atoms with E-state index in [1.807, 2.05) is 0 Å². The van der Waals surface area contributed by atoms with E-state index < -0.39 is 17.6 Å². The third kappa shape index (κ3) is 4.08. The maximum atomic E-state index is 13.9. The molecule has 1 saturated heterocycles. The number of rotatable bonds is 3. The Labute approximate surface area is 182 Å². The van der Waals surface area contributed by atoms with Crippen LogP contribution in [0.15, 0.2) is 36.5 Å². The van der Waals surface area contributed by atoms with Crippen molar-refractivity contribution < 1.29 is 22.7 Å². The van der Waals surface area contributed by atoms with E-state index in [2.05, 4.69) is 11.9 Å². The number of hydrogen-bond donors (Lipinski definition) is 0. The number of alkyl halides is 3. The highest BCUT2D eigenvalue weighted by Crippen LogP contribution is 2.37. The fourth-order valence-corrected chi connectivity index (χ4v) is 4.02. The Hall–Kier alpha value is -2.74. The van der Waals surface area contributed by atoms with Crippen LogP contribution in [-0.2, 0) is 6.18 Å². The lowest BCUT2D eigenvalue weighted by Crippen LogP contribution is -2.38. The zero-order valence-electron chi connectivity index (χ0n) is 17.0. The molecule has 4 rings (SSSR count). The zero-order chi connectivity index (χ0) is 22.3. The van der Waals surface area contributed by atoms with Gasteiger partial charge in [-0.2, -0.15) is 13.2 Å². The number of benzene rings is 1. The van der Waals surface area contributed by atoms with E-state index in [0.29, 0.717) is 35.9 Å². The topological polar surface area (TPSA) is 46.8 Å². The summed E-state index contributed by atoms with van der Waals surface area (Å²) in [6, 6.07) is 7.67. The molecule has 1 fully saturated rings. The van der Waals surface area contributed by atoms with E-state index >= 15 is 0 Å². The van der Waals surface area contributed by atoms with Crippen LogP contribution in [0.4, 0.5) is 13.2 Å². The van der Waals surface area contributed by atoms with E-state index in [1.165, 1.54) is 13.3 Å². The lowest BCUT2D eigenvalue weighted by atomic mass is 9.99. The van der Waals surface area contributed by atoms with Gasteiger partial charge in [0.25, 0.3) is 5.91 Å². The number of ether oxygens (including phenoxy) is 1. The van der Waals surface area contributed by atoms with E-state index in [-0.39, 0.29) is 16.5 Å². The molecule has 164 valence electrons. The Morgan fingerprint density at radius 3 is 2.39 bits per heavy atom. The van der Waals surface area contributed by atoms with Crippen LogP contribution in [0.5, 0.6) is 5.75 Å². The fraction of sp³-hybridized carbons (Fsp3) is 0.364. The molecule has 1 amide bonds. The van der Waals surface area contributed by atoms with E-state index in [9.17, 15) is 18.0 Å². The summed E-state index contributed by atoms with van der Waals surface area (Å²) in [7, 11) is 1.51. The number of pyridine rings is 1. The first-order chi connectivity index (χ1) is 14.7. The normalized spacial score (nSPS) is 15.5. The van der Waals surface area contributed by atoms with Crippen molar-refractivity contribution in [3.05, 3.63) is 52.9 Å². The molecule has 3 heterocycles. The number of fused-ring (bicyclic) bond motifs is 1. The predicted octanol–water partition coefficient (Wildman–Crippen LogP) is 5.55. The zero-order valence-corrected chi connectivity index (χ0v) is 17.8. The summed E-state index contributed by atoms with van der Waals surface area (Å²) in [4.78, 5) is 18.6. The van der Waals surface area contributed by atoms with Crippen molar-refractivity contribution in [3.63, 3.8) is 0 Å². The van der Waals surface area contributed by atoms with Crippen LogP contribution in [0.2, 0.25) is 5.15 Å². The van der Waals surface area contributed by atoms with Gasteiger partial charge < -0.3 is 9.64 Å². The van der Waals surface area contributed by atoms with Gasteiger partial charge in [-0.15, -0.1) is 0 Å². The van der Waals surface area contributed by atoms with Crippen molar-refractivity contribution in [1.82, 2.24) is 14.3 Å². The standard InChI is InChI=1S/C22H21ClF3N3O2/c1-13-7-9-28(10-8-13)21(30)18-19(23)29-12-15(14-3-5-16(31-2)6-4-14)11-17(20(29)27-18)22(24,25)26/h3-6,11-13H,7-10H2,1-2H3. The first-order valence-corrected chi connectivity index (χ1v) is 10.3. The predicted molar refractivity (Wildman–Crippen MR) is 111 cm³/mol. The molecule has 0 spiro atoms. The molecule has 2 aromatic heterocycles. The van der Waals surface area contributed by atoms with Crippen LogP contribution < -0.4 is 4.74 Å². The molecule has 0 unspecified atom stereocenters. The van der Waals surface area contributed by atoms with Crippen LogP contribution in [0, 0.1) is 5.92 Å². The average Bonchev–Trinajstić information content (AvgIpc) is 3.09. The maximum absolute atomic E-state index is 13.9. The van der Waals surface area contributed by atoms with Crippen molar-refractivity contribution in [2.45, 2.75) is 25.9 Å². The first kappa shape index (κ1) is 21.5. The minimum Gasteiger partial charge on any atom is -0.497 e. The Morgan fingerprint density at radius 1 is 1.16 bits per heavy atom. The molecular weight excluding hydrogens is 431 g/mol. The Morgan fingerprint density at radius 2 is 1.81 bits per heavy atom. The number of imidazole rings is 1. The highest BCUT2D eigenvalue weighted by molar-refractivity contribution is 6.33. The molecule has 31 heavy (non-hydrogen) atoms. The highest BCUT2D eigenvalue weighted by Gasteiger charge is 2.36. The minimum absolute atomic E-state index is 0.125. The van der Waals surface area contributed by atoms with Gasteiger partial charge in [0.1, 0.15) is 10.9 Å². The molecular formula is C22H21ClF3N3O2. The third-order valence-electron chi connectivity index (χ3n) is 5.66. The molecule has 0 N–H and O–H groups in total. The van der Waals surface area contributed by atoms with Gasteiger partial charge >= 0.3 is 6.18 Å². The molecule has 0 radical (unpaired) electrons. The second kappa shape index (κ2) is 8.07. The number of methoxy groups -OCH3 is 1. The number of hydrogen-bond acceptors (Lipinski definition) is 3. The SMILES string of the molecule is COc1ccc(-c2cc(C(F)(F)F)c3nc(C(=O)N4CCC(C)CC4)c(Cl)n3c2)cc1. The number of halogens is 4. The number of carbonyl (C=O) groups excluding carboxylic acids is 1. The summed E-state index contributed by atoms with van der Waals surface area (Å²) in [5.41, 5.74) is -0.644. The van der Waals surface area contributed by atoms with Gasteiger partial charge in [-0.3, -0.25) is 9.20 Å². The number of nitrogens with zero attached hydrogens (tertiary/aromatic N) is 3. The van der Waals surface area contributed by atoms with Crippen LogP contribution in [-0.4, -0.2) is 40.4 Å². The number of likely N-dealkylation sites (tertiary alicyclic amines) is 1. The third-order valence-corrected chi connectivity index (χ3v) is 6.03. The Balaban J connectivity index is 1.83. The maximum Gasteiger partial charge on any atom is 0.420 e. The fourth-order valence-electron chi connectivity index (χ4n) is 3.76. The second-order valence-corrected chi connectivity index (χ2v) is 8.15. The smallest absolute Gasteiger partial charge is 0.420 e. The summed E-state index contributed by atoms with van der Waals surface area (Å²) in [5.74, 6) is 0.648. The lowest BCUT2D eigenvalue weighted by molar-refractivity contribution is -0.136. The largest absolute Gasteiger partial charge is 0.497 e. The van der Waals surface area contributed by atoms with Gasteiger partial charge in [0.2, 0.25) is 0 Å². The molecule has 0 saturated carbocycles. The highest BCUT2D eigenvalue weighted by atomic mass is 35.5. The molecule has 1 aliphatic rings. The summed E-state index contributed by atoms with van der Waals surface area (Å²) >= 11 is 6.39. The first-order valence-electron chi connectivity index (χ1n) is 9.91. The molecule has 0 aliphatic carbocycles. The monoisotopic (exact) mass is 451 g/mol. The van der Waals surface area contributed by atoms with E-state index in [4.69, 9.17) is 16.3 Å². The van der Waals surface area contributed by atoms with Crippen molar-refractivity contribution in [1.29, 1.82) is 0 Å². The van der Waals surface area contributed by atoms with Crippen LogP contribution >= 0.6 is 11.6 Å². The molecule has 0 bridgehead atoms. The summed E-state index contributed by atoms with van der Waals surface area (Å²) in [5, 5.41) is -0.125. The van der Waals surface area contributed by atoms with Crippen LogP contribution in [0.1, 0.15) is 35.8 Å². The lowest BCUT2D eigenvalue weighted by Gasteiger charge is -2.29. The van der Waals surface area contributed by atoms with Gasteiger partial charge in [0.05, 0.1) is 12.7 Å². The van der Waals surface area contributed by atoms with Gasteiger partial charge in [-0.1, -0.05) is 30.7 Å². The molecule has 1 aliphatic heterocycles. The number of carbonyl (C=O) groups is 1.